The molecule has 144 valence electrons. The van der Waals surface area contributed by atoms with Crippen molar-refractivity contribution >= 4 is 24.2 Å². The van der Waals surface area contributed by atoms with Gasteiger partial charge in [0.1, 0.15) is 5.75 Å². The Labute approximate surface area is 161 Å². The average Bonchev–Trinajstić information content (AvgIpc) is 2.68. The van der Waals surface area contributed by atoms with Crippen molar-refractivity contribution in [1.82, 2.24) is 15.1 Å². The Morgan fingerprint density at radius 2 is 1.77 bits per heavy atom. The van der Waals surface area contributed by atoms with Gasteiger partial charge in [-0.15, -0.1) is 12.4 Å². The number of methoxy groups -OCH3 is 1. The Morgan fingerprint density at radius 1 is 1.12 bits per heavy atom. The molecule has 0 saturated carbocycles. The number of nitrogens with one attached hydrogen (secondary N) is 1. The molecule has 26 heavy (non-hydrogen) atoms. The van der Waals surface area contributed by atoms with E-state index in [0.717, 1.165) is 37.2 Å². The van der Waals surface area contributed by atoms with Crippen LogP contribution in [0.25, 0.3) is 0 Å². The number of rotatable bonds is 4. The minimum absolute atomic E-state index is 0. The second kappa shape index (κ2) is 9.78. The third kappa shape index (κ3) is 5.11. The molecule has 2 heterocycles. The first-order chi connectivity index (χ1) is 12.2. The molecule has 2 fully saturated rings. The van der Waals surface area contributed by atoms with Gasteiger partial charge in [0, 0.05) is 32.1 Å². The number of benzene rings is 1. The zero-order chi connectivity index (χ0) is 17.6. The fourth-order valence-corrected chi connectivity index (χ4v) is 3.57. The standard InChI is InChI=1S/C19H27N3O3.ClH/c1-25-17-4-2-3-15(13-17)14-18(23)21-9-11-22(12-10-21)19(24)16-5-7-20-8-6-16;/h2-4,13,16,20H,5-12,14H2,1H3;1H. The predicted octanol–water partition coefficient (Wildman–Crippen LogP) is 1.33. The lowest BCUT2D eigenvalue weighted by Crippen LogP contribution is -2.53. The lowest BCUT2D eigenvalue weighted by molar-refractivity contribution is -0.142. The van der Waals surface area contributed by atoms with Crippen LogP contribution in [0.1, 0.15) is 18.4 Å². The lowest BCUT2D eigenvalue weighted by Gasteiger charge is -2.37. The van der Waals surface area contributed by atoms with Gasteiger partial charge in [0.25, 0.3) is 0 Å². The van der Waals surface area contributed by atoms with Crippen molar-refractivity contribution in [2.75, 3.05) is 46.4 Å². The average molecular weight is 382 g/mol. The van der Waals surface area contributed by atoms with E-state index in [-0.39, 0.29) is 30.1 Å². The van der Waals surface area contributed by atoms with E-state index in [1.165, 1.54) is 0 Å². The summed E-state index contributed by atoms with van der Waals surface area (Å²) in [5, 5.41) is 3.29. The van der Waals surface area contributed by atoms with Crippen LogP contribution in [-0.4, -0.2) is 68.0 Å². The highest BCUT2D eigenvalue weighted by atomic mass is 35.5. The molecule has 0 atom stereocenters. The van der Waals surface area contributed by atoms with E-state index in [1.807, 2.05) is 34.1 Å². The number of piperidine rings is 1. The topological polar surface area (TPSA) is 61.9 Å². The number of hydrogen-bond donors (Lipinski definition) is 1. The highest BCUT2D eigenvalue weighted by molar-refractivity contribution is 5.85. The quantitative estimate of drug-likeness (QED) is 0.854. The molecule has 6 nitrogen and oxygen atoms in total. The number of ether oxygens (including phenoxy) is 1. The van der Waals surface area contributed by atoms with Gasteiger partial charge >= 0.3 is 0 Å². The van der Waals surface area contributed by atoms with Gasteiger partial charge in [-0.25, -0.2) is 0 Å². The van der Waals surface area contributed by atoms with Crippen LogP contribution in [0, 0.1) is 5.92 Å². The molecule has 0 unspecified atom stereocenters. The van der Waals surface area contributed by atoms with E-state index in [4.69, 9.17) is 4.74 Å². The Bertz CT molecular complexity index is 612. The second-order valence-electron chi connectivity index (χ2n) is 6.76. The Hall–Kier alpha value is -1.79. The highest BCUT2D eigenvalue weighted by Crippen LogP contribution is 2.18. The summed E-state index contributed by atoms with van der Waals surface area (Å²) in [4.78, 5) is 28.9. The van der Waals surface area contributed by atoms with Gasteiger partial charge in [0.15, 0.2) is 0 Å². The van der Waals surface area contributed by atoms with Crippen molar-refractivity contribution in [2.45, 2.75) is 19.3 Å². The number of carbonyl (C=O) groups is 2. The first-order valence-corrected chi connectivity index (χ1v) is 9.07. The van der Waals surface area contributed by atoms with Crippen molar-refractivity contribution in [3.05, 3.63) is 29.8 Å². The van der Waals surface area contributed by atoms with Gasteiger partial charge in [-0.2, -0.15) is 0 Å². The largest absolute Gasteiger partial charge is 0.497 e. The maximum absolute atomic E-state index is 12.6. The molecule has 0 spiro atoms. The summed E-state index contributed by atoms with van der Waals surface area (Å²) in [6.45, 7) is 4.39. The summed E-state index contributed by atoms with van der Waals surface area (Å²) in [5.41, 5.74) is 0.956. The van der Waals surface area contributed by atoms with E-state index in [9.17, 15) is 9.59 Å². The molecule has 7 heteroatoms. The summed E-state index contributed by atoms with van der Waals surface area (Å²) in [7, 11) is 1.62. The van der Waals surface area contributed by atoms with E-state index in [2.05, 4.69) is 5.32 Å². The van der Waals surface area contributed by atoms with Gasteiger partial charge in [-0.05, 0) is 43.6 Å². The number of halogens is 1. The minimum Gasteiger partial charge on any atom is -0.497 e. The number of nitrogens with zero attached hydrogens (tertiary/aromatic N) is 2. The maximum Gasteiger partial charge on any atom is 0.227 e. The fraction of sp³-hybridized carbons (Fsp3) is 0.579. The van der Waals surface area contributed by atoms with Gasteiger partial charge in [-0.1, -0.05) is 12.1 Å². The molecule has 0 aliphatic carbocycles. The molecule has 2 amide bonds. The van der Waals surface area contributed by atoms with Crippen LogP contribution in [0.4, 0.5) is 0 Å². The molecular formula is C19H28ClN3O3. The summed E-state index contributed by atoms with van der Waals surface area (Å²) >= 11 is 0. The second-order valence-corrected chi connectivity index (χ2v) is 6.76. The fourth-order valence-electron chi connectivity index (χ4n) is 3.57. The Morgan fingerprint density at radius 3 is 2.42 bits per heavy atom. The van der Waals surface area contributed by atoms with Gasteiger partial charge in [-0.3, -0.25) is 9.59 Å². The first kappa shape index (κ1) is 20.5. The van der Waals surface area contributed by atoms with Crippen LogP contribution in [0.2, 0.25) is 0 Å². The van der Waals surface area contributed by atoms with E-state index in [0.29, 0.717) is 32.6 Å². The number of hydrogen-bond acceptors (Lipinski definition) is 4. The minimum atomic E-state index is 0. The van der Waals surface area contributed by atoms with Crippen LogP contribution >= 0.6 is 12.4 Å². The lowest BCUT2D eigenvalue weighted by atomic mass is 9.96. The zero-order valence-electron chi connectivity index (χ0n) is 15.3. The van der Waals surface area contributed by atoms with Crippen LogP contribution in [0.5, 0.6) is 5.75 Å². The summed E-state index contributed by atoms with van der Waals surface area (Å²) in [5.74, 6) is 1.30. The molecule has 1 aromatic carbocycles. The molecule has 0 radical (unpaired) electrons. The molecule has 2 aliphatic rings. The van der Waals surface area contributed by atoms with Crippen LogP contribution in [0.15, 0.2) is 24.3 Å². The monoisotopic (exact) mass is 381 g/mol. The zero-order valence-corrected chi connectivity index (χ0v) is 16.1. The summed E-state index contributed by atoms with van der Waals surface area (Å²) in [6, 6.07) is 7.61. The number of piperazine rings is 1. The highest BCUT2D eigenvalue weighted by Gasteiger charge is 2.29. The van der Waals surface area contributed by atoms with Crippen molar-refractivity contribution in [3.63, 3.8) is 0 Å². The first-order valence-electron chi connectivity index (χ1n) is 9.07. The third-order valence-electron chi connectivity index (χ3n) is 5.12. The Balaban J connectivity index is 0.00000243. The molecule has 1 aromatic rings. The molecular weight excluding hydrogens is 354 g/mol. The molecule has 2 aliphatic heterocycles. The third-order valence-corrected chi connectivity index (χ3v) is 5.12. The number of amides is 2. The molecule has 1 N–H and O–H groups in total. The van der Waals surface area contributed by atoms with Gasteiger partial charge in [0.05, 0.1) is 13.5 Å². The summed E-state index contributed by atoms with van der Waals surface area (Å²) < 4.78 is 5.21. The molecule has 0 aromatic heterocycles. The van der Waals surface area contributed by atoms with Crippen LogP contribution in [0.3, 0.4) is 0 Å². The predicted molar refractivity (Wildman–Crippen MR) is 103 cm³/mol. The SMILES string of the molecule is COc1cccc(CC(=O)N2CCN(C(=O)C3CCNCC3)CC2)c1.Cl. The number of carbonyl (C=O) groups excluding carboxylic acids is 2. The van der Waals surface area contributed by atoms with Crippen LogP contribution < -0.4 is 10.1 Å². The van der Waals surface area contributed by atoms with Gasteiger partial charge < -0.3 is 19.9 Å². The van der Waals surface area contributed by atoms with Crippen molar-refractivity contribution in [3.8, 4) is 5.75 Å². The molecule has 0 bridgehead atoms. The normalized spacial score (nSPS) is 18.2. The molecule has 3 rings (SSSR count). The van der Waals surface area contributed by atoms with Crippen molar-refractivity contribution in [2.24, 2.45) is 5.92 Å². The van der Waals surface area contributed by atoms with E-state index >= 15 is 0 Å². The summed E-state index contributed by atoms with van der Waals surface area (Å²) in [6.07, 6.45) is 2.22. The van der Waals surface area contributed by atoms with E-state index < -0.39 is 0 Å². The van der Waals surface area contributed by atoms with Gasteiger partial charge in [0.2, 0.25) is 11.8 Å². The Kier molecular flexibility index (Phi) is 7.72. The van der Waals surface area contributed by atoms with Crippen LogP contribution in [-0.2, 0) is 16.0 Å². The van der Waals surface area contributed by atoms with Crippen molar-refractivity contribution < 1.29 is 14.3 Å². The van der Waals surface area contributed by atoms with E-state index in [1.54, 1.807) is 7.11 Å². The van der Waals surface area contributed by atoms with Crippen molar-refractivity contribution in [1.29, 1.82) is 0 Å². The smallest absolute Gasteiger partial charge is 0.227 e. The maximum atomic E-state index is 12.6. The molecule has 2 saturated heterocycles.